The first-order chi connectivity index (χ1) is 8.04. The molecule has 0 aliphatic heterocycles. The molecule has 0 radical (unpaired) electrons. The van der Waals surface area contributed by atoms with Crippen molar-refractivity contribution in [3.63, 3.8) is 0 Å². The van der Waals surface area contributed by atoms with Gasteiger partial charge in [0.05, 0.1) is 6.61 Å². The molecule has 1 aromatic heterocycles. The molecule has 0 aromatic carbocycles. The van der Waals surface area contributed by atoms with Gasteiger partial charge in [0.2, 0.25) is 11.0 Å². The van der Waals surface area contributed by atoms with E-state index in [1.165, 1.54) is 0 Å². The molecule has 1 rings (SSSR count). The number of nitrogens with two attached hydrogens (primary N) is 1. The highest BCUT2D eigenvalue weighted by atomic mass is 32.1. The van der Waals surface area contributed by atoms with E-state index >= 15 is 0 Å². The zero-order chi connectivity index (χ0) is 12.7. The van der Waals surface area contributed by atoms with Crippen LogP contribution >= 0.6 is 11.5 Å². The minimum absolute atomic E-state index is 0.163. The molecule has 1 aromatic rings. The maximum Gasteiger partial charge on any atom is 0.452 e. The van der Waals surface area contributed by atoms with Crippen molar-refractivity contribution in [3.05, 3.63) is 5.82 Å². The van der Waals surface area contributed by atoms with Gasteiger partial charge in [-0.1, -0.05) is 0 Å². The average molecular weight is 270 g/mol. The maximum atomic E-state index is 12.2. The molecule has 0 atom stereocenters. The summed E-state index contributed by atoms with van der Waals surface area (Å²) >= 11 is 0.692. The lowest BCUT2D eigenvalue weighted by atomic mass is 10.4. The summed E-state index contributed by atoms with van der Waals surface area (Å²) in [5.74, 6) is -1.11. The predicted octanol–water partition coefficient (Wildman–Crippen LogP) is 1.33. The van der Waals surface area contributed by atoms with Crippen LogP contribution in [0.25, 0.3) is 0 Å². The lowest BCUT2D eigenvalue weighted by Crippen LogP contribution is -2.11. The Morgan fingerprint density at radius 1 is 1.35 bits per heavy atom. The number of ether oxygens (including phenoxy) is 1. The Morgan fingerprint density at radius 2 is 2.12 bits per heavy atom. The van der Waals surface area contributed by atoms with Crippen LogP contribution in [-0.2, 0) is 10.9 Å². The van der Waals surface area contributed by atoms with Gasteiger partial charge >= 0.3 is 6.18 Å². The van der Waals surface area contributed by atoms with Crippen molar-refractivity contribution in [3.8, 4) is 0 Å². The fourth-order valence-corrected chi connectivity index (χ4v) is 1.58. The molecule has 17 heavy (non-hydrogen) atoms. The Balaban J connectivity index is 2.21. The molecule has 0 aliphatic rings. The fourth-order valence-electron chi connectivity index (χ4n) is 0.965. The zero-order valence-corrected chi connectivity index (χ0v) is 9.77. The third kappa shape index (κ3) is 5.29. The molecular formula is C8H13F3N4OS. The van der Waals surface area contributed by atoms with Crippen LogP contribution in [0.1, 0.15) is 12.2 Å². The normalized spacial score (nSPS) is 11.8. The molecule has 0 saturated heterocycles. The summed E-state index contributed by atoms with van der Waals surface area (Å²) < 4.78 is 44.8. The number of alkyl halides is 3. The van der Waals surface area contributed by atoms with Gasteiger partial charge in [-0.2, -0.15) is 22.5 Å². The van der Waals surface area contributed by atoms with E-state index in [0.29, 0.717) is 44.3 Å². The number of anilines is 1. The molecule has 0 bridgehead atoms. The van der Waals surface area contributed by atoms with E-state index < -0.39 is 12.0 Å². The van der Waals surface area contributed by atoms with Crippen molar-refractivity contribution in [2.45, 2.75) is 12.6 Å². The summed E-state index contributed by atoms with van der Waals surface area (Å²) in [6.07, 6.45) is -3.82. The van der Waals surface area contributed by atoms with Crippen LogP contribution in [0, 0.1) is 0 Å². The standard InChI is InChI=1S/C8H13F3N4OS/c9-8(10,11)6-14-7(17-15-6)13-3-1-4-16-5-2-12/h1-5,12H2,(H,13,14,15). The van der Waals surface area contributed by atoms with Crippen LogP contribution in [0.4, 0.5) is 18.3 Å². The SMILES string of the molecule is NCCOCCCNc1nc(C(F)(F)F)ns1. The van der Waals surface area contributed by atoms with E-state index in [9.17, 15) is 13.2 Å². The number of hydrogen-bond acceptors (Lipinski definition) is 6. The summed E-state index contributed by atoms with van der Waals surface area (Å²) in [4.78, 5) is 3.33. The first-order valence-corrected chi connectivity index (χ1v) is 5.74. The van der Waals surface area contributed by atoms with Crippen molar-refractivity contribution in [2.24, 2.45) is 5.73 Å². The van der Waals surface area contributed by atoms with Gasteiger partial charge in [0.15, 0.2) is 0 Å². The zero-order valence-electron chi connectivity index (χ0n) is 8.96. The van der Waals surface area contributed by atoms with Crippen LogP contribution < -0.4 is 11.1 Å². The van der Waals surface area contributed by atoms with E-state index in [-0.39, 0.29) is 5.13 Å². The minimum atomic E-state index is -4.49. The molecule has 9 heteroatoms. The summed E-state index contributed by atoms with van der Waals surface area (Å²) in [5.41, 5.74) is 5.21. The molecule has 5 nitrogen and oxygen atoms in total. The first-order valence-electron chi connectivity index (χ1n) is 4.96. The van der Waals surface area contributed by atoms with Gasteiger partial charge in [0.25, 0.3) is 0 Å². The van der Waals surface area contributed by atoms with Crippen LogP contribution in [-0.4, -0.2) is 35.7 Å². The lowest BCUT2D eigenvalue weighted by molar-refractivity contribution is -0.144. The number of nitrogens with zero attached hydrogens (tertiary/aromatic N) is 2. The highest BCUT2D eigenvalue weighted by Crippen LogP contribution is 2.28. The molecule has 3 N–H and O–H groups in total. The second-order valence-corrected chi connectivity index (χ2v) is 3.85. The maximum absolute atomic E-state index is 12.2. The summed E-state index contributed by atoms with van der Waals surface area (Å²) in [7, 11) is 0. The molecule has 0 unspecified atom stereocenters. The number of aromatic nitrogens is 2. The third-order valence-electron chi connectivity index (χ3n) is 1.68. The predicted molar refractivity (Wildman–Crippen MR) is 57.9 cm³/mol. The van der Waals surface area contributed by atoms with E-state index in [1.54, 1.807) is 0 Å². The second-order valence-electron chi connectivity index (χ2n) is 3.10. The Morgan fingerprint density at radius 3 is 2.71 bits per heavy atom. The van der Waals surface area contributed by atoms with Gasteiger partial charge in [-0.05, 0) is 6.42 Å². The van der Waals surface area contributed by atoms with Crippen molar-refractivity contribution in [2.75, 3.05) is 31.6 Å². The smallest absolute Gasteiger partial charge is 0.380 e. The van der Waals surface area contributed by atoms with Crippen molar-refractivity contribution >= 4 is 16.7 Å². The van der Waals surface area contributed by atoms with Gasteiger partial charge < -0.3 is 15.8 Å². The van der Waals surface area contributed by atoms with Gasteiger partial charge in [-0.25, -0.2) is 0 Å². The third-order valence-corrected chi connectivity index (χ3v) is 2.36. The number of nitrogens with one attached hydrogen (secondary N) is 1. The molecule has 1 heterocycles. The Bertz CT molecular complexity index is 331. The molecule has 0 aliphatic carbocycles. The Kier molecular flexibility index (Phi) is 5.59. The van der Waals surface area contributed by atoms with E-state index in [2.05, 4.69) is 14.7 Å². The van der Waals surface area contributed by atoms with E-state index in [1.807, 2.05) is 0 Å². The molecule has 0 spiro atoms. The molecule has 0 saturated carbocycles. The first kappa shape index (κ1) is 14.1. The summed E-state index contributed by atoms with van der Waals surface area (Å²) in [5, 5.41) is 2.91. The van der Waals surface area contributed by atoms with Crippen molar-refractivity contribution < 1.29 is 17.9 Å². The van der Waals surface area contributed by atoms with Gasteiger partial charge in [-0.15, -0.1) is 0 Å². The Hall–Kier alpha value is -0.930. The molecule has 98 valence electrons. The monoisotopic (exact) mass is 270 g/mol. The van der Waals surface area contributed by atoms with Gasteiger partial charge in [-0.3, -0.25) is 0 Å². The Labute approximate surface area is 100 Å². The minimum Gasteiger partial charge on any atom is -0.380 e. The quantitative estimate of drug-likeness (QED) is 0.731. The highest BCUT2D eigenvalue weighted by Gasteiger charge is 2.35. The van der Waals surface area contributed by atoms with E-state index in [4.69, 9.17) is 10.5 Å². The molecule has 0 amide bonds. The van der Waals surface area contributed by atoms with Gasteiger partial charge in [0.1, 0.15) is 0 Å². The highest BCUT2D eigenvalue weighted by molar-refractivity contribution is 7.09. The van der Waals surface area contributed by atoms with Crippen LogP contribution in [0.15, 0.2) is 0 Å². The number of halogens is 3. The van der Waals surface area contributed by atoms with Crippen LogP contribution in [0.3, 0.4) is 0 Å². The van der Waals surface area contributed by atoms with Crippen molar-refractivity contribution in [1.29, 1.82) is 0 Å². The fraction of sp³-hybridized carbons (Fsp3) is 0.750. The molecular weight excluding hydrogens is 257 g/mol. The van der Waals surface area contributed by atoms with Crippen molar-refractivity contribution in [1.82, 2.24) is 9.36 Å². The van der Waals surface area contributed by atoms with Crippen LogP contribution in [0.5, 0.6) is 0 Å². The average Bonchev–Trinajstić information content (AvgIpc) is 2.71. The topological polar surface area (TPSA) is 73.1 Å². The van der Waals surface area contributed by atoms with Crippen LogP contribution in [0.2, 0.25) is 0 Å². The second kappa shape index (κ2) is 6.72. The molecule has 0 fully saturated rings. The van der Waals surface area contributed by atoms with Gasteiger partial charge in [0, 0.05) is 31.2 Å². The van der Waals surface area contributed by atoms with E-state index in [0.717, 1.165) is 0 Å². The largest absolute Gasteiger partial charge is 0.452 e. The number of hydrogen-bond donors (Lipinski definition) is 2. The number of rotatable bonds is 7. The summed E-state index contributed by atoms with van der Waals surface area (Å²) in [6, 6.07) is 0. The summed E-state index contributed by atoms with van der Waals surface area (Å²) in [6.45, 7) is 1.93. The lowest BCUT2D eigenvalue weighted by Gasteiger charge is -2.03.